The first-order valence-electron chi connectivity index (χ1n) is 9.12. The highest BCUT2D eigenvalue weighted by molar-refractivity contribution is 6.07. The van der Waals surface area contributed by atoms with Gasteiger partial charge in [0.1, 0.15) is 23.6 Å². The minimum Gasteiger partial charge on any atom is -0.493 e. The molecule has 2 aromatic carbocycles. The zero-order valence-electron chi connectivity index (χ0n) is 16.8. The molecule has 0 fully saturated rings. The molecule has 31 heavy (non-hydrogen) atoms. The van der Waals surface area contributed by atoms with Crippen LogP contribution in [0.5, 0.6) is 11.5 Å². The van der Waals surface area contributed by atoms with Crippen molar-refractivity contribution in [2.75, 3.05) is 12.8 Å². The summed E-state index contributed by atoms with van der Waals surface area (Å²) in [4.78, 5) is 37.7. The summed E-state index contributed by atoms with van der Waals surface area (Å²) >= 11 is 0. The first-order chi connectivity index (χ1) is 14.7. The predicted molar refractivity (Wildman–Crippen MR) is 113 cm³/mol. The van der Waals surface area contributed by atoms with Crippen molar-refractivity contribution in [3.63, 3.8) is 0 Å². The van der Waals surface area contributed by atoms with Crippen LogP contribution >= 0.6 is 0 Å². The van der Waals surface area contributed by atoms with Gasteiger partial charge in [0.15, 0.2) is 11.5 Å². The number of anilines is 1. The summed E-state index contributed by atoms with van der Waals surface area (Å²) in [5.74, 6) is -2.92. The van der Waals surface area contributed by atoms with Crippen LogP contribution in [-0.4, -0.2) is 34.2 Å². The topological polar surface area (TPSA) is 152 Å². The third-order valence-electron chi connectivity index (χ3n) is 4.77. The van der Waals surface area contributed by atoms with Gasteiger partial charge in [0.25, 0.3) is 5.56 Å². The second kappa shape index (κ2) is 8.62. The number of carboxylic acid groups (broad SMARTS) is 2. The van der Waals surface area contributed by atoms with Crippen molar-refractivity contribution >= 4 is 17.8 Å². The van der Waals surface area contributed by atoms with Crippen LogP contribution in [0.25, 0.3) is 11.1 Å². The van der Waals surface area contributed by atoms with E-state index in [9.17, 15) is 24.6 Å². The molecule has 1 heterocycles. The Kier molecular flexibility index (Phi) is 5.96. The molecule has 160 valence electrons. The minimum absolute atomic E-state index is 0.132. The Morgan fingerprint density at radius 2 is 1.71 bits per heavy atom. The summed E-state index contributed by atoms with van der Waals surface area (Å²) in [6.07, 6.45) is 0. The number of aromatic carboxylic acids is 2. The highest BCUT2D eigenvalue weighted by atomic mass is 16.5. The van der Waals surface area contributed by atoms with E-state index in [-0.39, 0.29) is 23.5 Å². The van der Waals surface area contributed by atoms with Crippen LogP contribution in [0, 0.1) is 6.92 Å². The van der Waals surface area contributed by atoms with E-state index in [0.29, 0.717) is 5.75 Å². The Balaban J connectivity index is 2.11. The fourth-order valence-corrected chi connectivity index (χ4v) is 3.21. The standard InChI is InChI=1S/C22H20N2O7/c1-11-5-3-4-6-13(11)10-31-14-8-7-12(9-15(14)30-2)16-17(21(26)27)19(23)24-20(25)18(16)22(28)29/h3-9H,10H2,1-2H3,(H,26,27)(H,28,29)(H3,23,24,25). The lowest BCUT2D eigenvalue weighted by Gasteiger charge is -2.16. The number of H-pyrrole nitrogens is 1. The van der Waals surface area contributed by atoms with Gasteiger partial charge in [-0.05, 0) is 35.7 Å². The number of ether oxygens (including phenoxy) is 2. The van der Waals surface area contributed by atoms with Crippen molar-refractivity contribution in [1.82, 2.24) is 4.98 Å². The van der Waals surface area contributed by atoms with Crippen LogP contribution in [0.4, 0.5) is 5.82 Å². The van der Waals surface area contributed by atoms with Crippen LogP contribution in [0.15, 0.2) is 47.3 Å². The number of aromatic amines is 1. The molecule has 9 heteroatoms. The number of carboxylic acids is 2. The molecule has 0 aliphatic heterocycles. The number of rotatable bonds is 7. The number of nitrogens with two attached hydrogens (primary N) is 1. The average molecular weight is 424 g/mol. The second-order valence-corrected chi connectivity index (χ2v) is 6.68. The van der Waals surface area contributed by atoms with E-state index >= 15 is 0 Å². The maximum atomic E-state index is 12.2. The zero-order valence-corrected chi connectivity index (χ0v) is 16.8. The second-order valence-electron chi connectivity index (χ2n) is 6.68. The monoisotopic (exact) mass is 424 g/mol. The molecular weight excluding hydrogens is 404 g/mol. The molecule has 0 radical (unpaired) electrons. The highest BCUT2D eigenvalue weighted by Crippen LogP contribution is 2.36. The Bertz CT molecular complexity index is 1230. The Hall–Kier alpha value is -4.27. The van der Waals surface area contributed by atoms with E-state index < -0.39 is 34.4 Å². The van der Waals surface area contributed by atoms with E-state index in [1.54, 1.807) is 0 Å². The summed E-state index contributed by atoms with van der Waals surface area (Å²) in [5, 5.41) is 19.1. The zero-order chi connectivity index (χ0) is 22.7. The van der Waals surface area contributed by atoms with E-state index in [0.717, 1.165) is 11.1 Å². The van der Waals surface area contributed by atoms with Crippen molar-refractivity contribution in [3.05, 3.63) is 75.1 Å². The van der Waals surface area contributed by atoms with Crippen molar-refractivity contribution in [1.29, 1.82) is 0 Å². The molecule has 1 aromatic heterocycles. The molecule has 3 aromatic rings. The van der Waals surface area contributed by atoms with E-state index in [2.05, 4.69) is 4.98 Å². The van der Waals surface area contributed by atoms with Crippen LogP contribution in [0.2, 0.25) is 0 Å². The normalized spacial score (nSPS) is 10.5. The fourth-order valence-electron chi connectivity index (χ4n) is 3.21. The summed E-state index contributed by atoms with van der Waals surface area (Å²) in [7, 11) is 1.39. The number of nitrogens with one attached hydrogen (secondary N) is 1. The lowest BCUT2D eigenvalue weighted by atomic mass is 9.95. The maximum absolute atomic E-state index is 12.2. The number of carbonyl (C=O) groups is 2. The van der Waals surface area contributed by atoms with Gasteiger partial charge in [0.2, 0.25) is 0 Å². The molecule has 0 aliphatic carbocycles. The third-order valence-corrected chi connectivity index (χ3v) is 4.77. The molecule has 9 nitrogen and oxygen atoms in total. The van der Waals surface area contributed by atoms with Gasteiger partial charge in [-0.1, -0.05) is 30.3 Å². The SMILES string of the molecule is COc1cc(-c2c(C(=O)O)c(N)[nH]c(=O)c2C(=O)O)ccc1OCc1ccccc1C. The third kappa shape index (κ3) is 4.20. The minimum atomic E-state index is -1.59. The van der Waals surface area contributed by atoms with Crippen LogP contribution < -0.4 is 20.8 Å². The number of methoxy groups -OCH3 is 1. The molecule has 5 N–H and O–H groups in total. The Morgan fingerprint density at radius 1 is 1.03 bits per heavy atom. The molecular formula is C22H20N2O7. The molecule has 0 saturated heterocycles. The van der Waals surface area contributed by atoms with Crippen LogP contribution in [-0.2, 0) is 6.61 Å². The number of pyridine rings is 1. The molecule has 0 spiro atoms. The lowest BCUT2D eigenvalue weighted by Crippen LogP contribution is -2.24. The number of nitrogen functional groups attached to an aromatic ring is 1. The van der Waals surface area contributed by atoms with Gasteiger partial charge in [0.05, 0.1) is 7.11 Å². The molecule has 3 rings (SSSR count). The number of aromatic nitrogens is 1. The summed E-state index contributed by atoms with van der Waals surface area (Å²) in [5.41, 5.74) is 5.24. The van der Waals surface area contributed by atoms with Crippen molar-refractivity contribution < 1.29 is 29.3 Å². The summed E-state index contributed by atoms with van der Waals surface area (Å²) in [6, 6.07) is 12.1. The van der Waals surface area contributed by atoms with Gasteiger partial charge in [-0.15, -0.1) is 0 Å². The van der Waals surface area contributed by atoms with Crippen molar-refractivity contribution in [2.24, 2.45) is 0 Å². The van der Waals surface area contributed by atoms with Crippen molar-refractivity contribution in [2.45, 2.75) is 13.5 Å². The van der Waals surface area contributed by atoms with E-state index in [1.165, 1.54) is 25.3 Å². The van der Waals surface area contributed by atoms with E-state index in [1.807, 2.05) is 31.2 Å². The van der Waals surface area contributed by atoms with Gasteiger partial charge in [-0.3, -0.25) is 4.79 Å². The predicted octanol–water partition coefficient (Wildman–Crippen LogP) is 2.92. The van der Waals surface area contributed by atoms with Gasteiger partial charge < -0.3 is 30.4 Å². The molecule has 0 atom stereocenters. The Labute approximate surface area is 176 Å². The number of aryl methyl sites for hydroxylation is 1. The van der Waals surface area contributed by atoms with E-state index in [4.69, 9.17) is 15.2 Å². The van der Waals surface area contributed by atoms with Gasteiger partial charge in [-0.2, -0.15) is 0 Å². The molecule has 0 bridgehead atoms. The smallest absolute Gasteiger partial charge is 0.342 e. The molecule has 0 unspecified atom stereocenters. The van der Waals surface area contributed by atoms with Gasteiger partial charge >= 0.3 is 11.9 Å². The average Bonchev–Trinajstić information content (AvgIpc) is 2.71. The number of hydrogen-bond donors (Lipinski definition) is 4. The lowest BCUT2D eigenvalue weighted by molar-refractivity contribution is 0.0695. The van der Waals surface area contributed by atoms with Crippen molar-refractivity contribution in [3.8, 4) is 22.6 Å². The van der Waals surface area contributed by atoms with Crippen LogP contribution in [0.3, 0.4) is 0 Å². The highest BCUT2D eigenvalue weighted by Gasteiger charge is 2.27. The summed E-state index contributed by atoms with van der Waals surface area (Å²) < 4.78 is 11.2. The summed E-state index contributed by atoms with van der Waals surface area (Å²) in [6.45, 7) is 2.22. The molecule has 0 amide bonds. The van der Waals surface area contributed by atoms with Gasteiger partial charge in [0, 0.05) is 5.56 Å². The molecule has 0 aliphatic rings. The Morgan fingerprint density at radius 3 is 2.32 bits per heavy atom. The fraction of sp³-hybridized carbons (Fsp3) is 0.136. The first-order valence-corrected chi connectivity index (χ1v) is 9.12. The van der Waals surface area contributed by atoms with Gasteiger partial charge in [-0.25, -0.2) is 9.59 Å². The van der Waals surface area contributed by atoms with Crippen LogP contribution in [0.1, 0.15) is 31.8 Å². The molecule has 0 saturated carbocycles. The maximum Gasteiger partial charge on any atom is 0.342 e. The quantitative estimate of drug-likeness (QED) is 0.452. The largest absolute Gasteiger partial charge is 0.493 e. The first kappa shape index (κ1) is 21.4. The number of benzene rings is 2. The number of hydrogen-bond acceptors (Lipinski definition) is 6.